The Morgan fingerprint density at radius 3 is 2.38 bits per heavy atom. The summed E-state index contributed by atoms with van der Waals surface area (Å²) >= 11 is 0. The van der Waals surface area contributed by atoms with E-state index in [0.717, 1.165) is 77.8 Å². The molecular weight excluding hydrogens is 398 g/mol. The SMILES string of the molecule is O=C(O)c1c(C[N+]2(C3CCNCC3)CCCCC2)c(-c2ccccc2)nc2ccccc12. The van der Waals surface area contributed by atoms with E-state index in [1.54, 1.807) is 0 Å². The quantitative estimate of drug-likeness (QED) is 0.568. The van der Waals surface area contributed by atoms with Gasteiger partial charge in [-0.3, -0.25) is 0 Å². The minimum absolute atomic E-state index is 0.437. The molecule has 0 spiro atoms. The highest BCUT2D eigenvalue weighted by molar-refractivity contribution is 6.05. The van der Waals surface area contributed by atoms with Gasteiger partial charge in [-0.05, 0) is 25.3 Å². The molecule has 2 saturated heterocycles. The molecule has 5 heteroatoms. The van der Waals surface area contributed by atoms with Crippen LogP contribution in [0.25, 0.3) is 22.2 Å². The number of pyridine rings is 1. The maximum absolute atomic E-state index is 12.7. The summed E-state index contributed by atoms with van der Waals surface area (Å²) in [5.41, 5.74) is 3.92. The average molecular weight is 431 g/mol. The number of aromatic nitrogens is 1. The van der Waals surface area contributed by atoms with Crippen LogP contribution in [0.1, 0.15) is 48.0 Å². The van der Waals surface area contributed by atoms with E-state index in [1.165, 1.54) is 19.3 Å². The molecule has 3 aromatic rings. The van der Waals surface area contributed by atoms with Crippen molar-refractivity contribution in [2.75, 3.05) is 26.2 Å². The number of hydrogen-bond acceptors (Lipinski definition) is 3. The number of benzene rings is 2. The number of likely N-dealkylation sites (tertiary alicyclic amines) is 1. The molecule has 0 atom stereocenters. The number of para-hydroxylation sites is 1. The highest BCUT2D eigenvalue weighted by atomic mass is 16.4. The van der Waals surface area contributed by atoms with Crippen molar-refractivity contribution in [3.63, 3.8) is 0 Å². The fourth-order valence-corrected chi connectivity index (χ4v) is 5.95. The van der Waals surface area contributed by atoms with Gasteiger partial charge in [-0.2, -0.15) is 0 Å². The highest BCUT2D eigenvalue weighted by Crippen LogP contribution is 2.37. The summed E-state index contributed by atoms with van der Waals surface area (Å²) in [6.07, 6.45) is 6.02. The van der Waals surface area contributed by atoms with Crippen LogP contribution in [0.3, 0.4) is 0 Å². The summed E-state index contributed by atoms with van der Waals surface area (Å²) in [5, 5.41) is 14.7. The maximum Gasteiger partial charge on any atom is 0.336 e. The number of nitrogens with one attached hydrogen (secondary N) is 1. The molecule has 2 N–H and O–H groups in total. The molecule has 0 amide bonds. The fourth-order valence-electron chi connectivity index (χ4n) is 5.95. The molecule has 0 unspecified atom stereocenters. The van der Waals surface area contributed by atoms with Crippen molar-refractivity contribution in [2.45, 2.75) is 44.7 Å². The van der Waals surface area contributed by atoms with Gasteiger partial charge in [-0.1, -0.05) is 48.5 Å². The number of hydrogen-bond donors (Lipinski definition) is 2. The number of nitrogens with zero attached hydrogens (tertiary/aromatic N) is 2. The number of quaternary nitrogens is 1. The Bertz CT molecular complexity index is 1100. The van der Waals surface area contributed by atoms with Gasteiger partial charge in [0.15, 0.2) is 0 Å². The third kappa shape index (κ3) is 3.91. The Kier molecular flexibility index (Phi) is 5.94. The predicted molar refractivity (Wildman–Crippen MR) is 128 cm³/mol. The summed E-state index contributed by atoms with van der Waals surface area (Å²) in [4.78, 5) is 17.7. The normalized spacial score (nSPS) is 19.1. The minimum Gasteiger partial charge on any atom is -0.478 e. The first-order valence-electron chi connectivity index (χ1n) is 11.9. The van der Waals surface area contributed by atoms with Crippen molar-refractivity contribution < 1.29 is 14.4 Å². The van der Waals surface area contributed by atoms with Gasteiger partial charge < -0.3 is 14.9 Å². The summed E-state index contributed by atoms with van der Waals surface area (Å²) in [7, 11) is 0. The number of carboxylic acids is 1. The summed E-state index contributed by atoms with van der Waals surface area (Å²) < 4.78 is 1.00. The van der Waals surface area contributed by atoms with E-state index in [9.17, 15) is 9.90 Å². The van der Waals surface area contributed by atoms with E-state index in [0.29, 0.717) is 11.6 Å². The van der Waals surface area contributed by atoms with Gasteiger partial charge in [0, 0.05) is 42.4 Å². The molecule has 0 bridgehead atoms. The summed E-state index contributed by atoms with van der Waals surface area (Å²) in [5.74, 6) is -0.851. The zero-order chi connectivity index (χ0) is 22.0. The van der Waals surface area contributed by atoms with Crippen molar-refractivity contribution in [1.82, 2.24) is 10.3 Å². The van der Waals surface area contributed by atoms with Crippen LogP contribution in [0, 0.1) is 0 Å². The molecule has 3 heterocycles. The Morgan fingerprint density at radius 2 is 1.66 bits per heavy atom. The zero-order valence-corrected chi connectivity index (χ0v) is 18.6. The fraction of sp³-hybridized carbons (Fsp3) is 0.407. The molecule has 166 valence electrons. The molecule has 2 aliphatic heterocycles. The van der Waals surface area contributed by atoms with E-state index in [1.807, 2.05) is 42.5 Å². The van der Waals surface area contributed by atoms with Crippen LogP contribution in [0.4, 0.5) is 0 Å². The second-order valence-electron chi connectivity index (χ2n) is 9.37. The summed E-state index contributed by atoms with van der Waals surface area (Å²) in [6.45, 7) is 5.11. The third-order valence-electron chi connectivity index (χ3n) is 7.52. The Labute approximate surface area is 189 Å². The van der Waals surface area contributed by atoms with E-state index < -0.39 is 5.97 Å². The first kappa shape index (κ1) is 21.1. The number of carboxylic acid groups (broad SMARTS) is 1. The molecule has 5 nitrogen and oxygen atoms in total. The van der Waals surface area contributed by atoms with Crippen LogP contribution < -0.4 is 5.32 Å². The van der Waals surface area contributed by atoms with Gasteiger partial charge in [-0.25, -0.2) is 9.78 Å². The van der Waals surface area contributed by atoms with Gasteiger partial charge in [-0.15, -0.1) is 0 Å². The largest absolute Gasteiger partial charge is 0.478 e. The molecule has 2 aliphatic rings. The predicted octanol–water partition coefficient (Wildman–Crippen LogP) is 4.85. The minimum atomic E-state index is -0.851. The Morgan fingerprint density at radius 1 is 0.969 bits per heavy atom. The van der Waals surface area contributed by atoms with E-state index >= 15 is 0 Å². The van der Waals surface area contributed by atoms with Crippen molar-refractivity contribution in [3.8, 4) is 11.3 Å². The smallest absolute Gasteiger partial charge is 0.336 e. The van der Waals surface area contributed by atoms with E-state index in [-0.39, 0.29) is 0 Å². The maximum atomic E-state index is 12.7. The lowest BCUT2D eigenvalue weighted by atomic mass is 9.91. The molecule has 0 radical (unpaired) electrons. The number of carbonyl (C=O) groups is 1. The standard InChI is InChI=1S/C27H31N3O2/c31-27(32)25-22-11-5-6-12-24(22)29-26(20-9-3-1-4-10-20)23(25)19-30(17-7-2-8-18-30)21-13-15-28-16-14-21/h1,3-6,9-12,21,28H,2,7-8,13-19H2/p+1. The van der Waals surface area contributed by atoms with Crippen LogP contribution in [0.5, 0.6) is 0 Å². The third-order valence-corrected chi connectivity index (χ3v) is 7.52. The lowest BCUT2D eigenvalue weighted by Crippen LogP contribution is -2.60. The van der Waals surface area contributed by atoms with Crippen LogP contribution in [0.2, 0.25) is 0 Å². The lowest BCUT2D eigenvalue weighted by Gasteiger charge is -2.49. The average Bonchev–Trinajstić information content (AvgIpc) is 2.85. The number of aromatic carboxylic acids is 1. The molecular formula is C27H32N3O2+. The van der Waals surface area contributed by atoms with Crippen LogP contribution in [-0.2, 0) is 6.54 Å². The van der Waals surface area contributed by atoms with Crippen molar-refractivity contribution in [1.29, 1.82) is 0 Å². The van der Waals surface area contributed by atoms with Crippen LogP contribution >= 0.6 is 0 Å². The first-order chi connectivity index (χ1) is 15.7. The van der Waals surface area contributed by atoms with E-state index in [2.05, 4.69) is 17.4 Å². The summed E-state index contributed by atoms with van der Waals surface area (Å²) in [6, 6.07) is 18.4. The molecule has 5 rings (SSSR count). The zero-order valence-electron chi connectivity index (χ0n) is 18.6. The molecule has 2 fully saturated rings. The number of rotatable bonds is 5. The molecule has 32 heavy (non-hydrogen) atoms. The van der Waals surface area contributed by atoms with Crippen LogP contribution in [-0.4, -0.2) is 52.8 Å². The van der Waals surface area contributed by atoms with Gasteiger partial charge in [0.1, 0.15) is 6.54 Å². The van der Waals surface area contributed by atoms with Crippen molar-refractivity contribution >= 4 is 16.9 Å². The molecule has 2 aromatic carbocycles. The van der Waals surface area contributed by atoms with Gasteiger partial charge in [0.25, 0.3) is 0 Å². The van der Waals surface area contributed by atoms with Gasteiger partial charge >= 0.3 is 5.97 Å². The number of piperidine rings is 2. The van der Waals surface area contributed by atoms with Gasteiger partial charge in [0.2, 0.25) is 0 Å². The highest BCUT2D eigenvalue weighted by Gasteiger charge is 2.41. The second-order valence-corrected chi connectivity index (χ2v) is 9.37. The van der Waals surface area contributed by atoms with E-state index in [4.69, 9.17) is 4.98 Å². The van der Waals surface area contributed by atoms with Crippen LogP contribution in [0.15, 0.2) is 54.6 Å². The molecule has 1 aromatic heterocycles. The second kappa shape index (κ2) is 9.00. The van der Waals surface area contributed by atoms with Gasteiger partial charge in [0.05, 0.1) is 35.9 Å². The topological polar surface area (TPSA) is 62.2 Å². The first-order valence-corrected chi connectivity index (χ1v) is 11.9. The van der Waals surface area contributed by atoms with Crippen molar-refractivity contribution in [2.24, 2.45) is 0 Å². The Balaban J connectivity index is 1.72. The lowest BCUT2D eigenvalue weighted by molar-refractivity contribution is -0.968. The number of fused-ring (bicyclic) bond motifs is 1. The molecule has 0 aliphatic carbocycles. The Hall–Kier alpha value is -2.76. The van der Waals surface area contributed by atoms with Crippen molar-refractivity contribution in [3.05, 3.63) is 65.7 Å². The molecule has 0 saturated carbocycles. The monoisotopic (exact) mass is 430 g/mol.